The van der Waals surface area contributed by atoms with Crippen molar-refractivity contribution in [3.63, 3.8) is 0 Å². The lowest BCUT2D eigenvalue weighted by atomic mass is 10.1. The molecule has 2 aromatic rings. The van der Waals surface area contributed by atoms with E-state index in [9.17, 15) is 9.59 Å². The van der Waals surface area contributed by atoms with E-state index in [1.807, 2.05) is 12.1 Å². The van der Waals surface area contributed by atoms with Gasteiger partial charge in [-0.2, -0.15) is 0 Å². The van der Waals surface area contributed by atoms with E-state index >= 15 is 0 Å². The topological polar surface area (TPSA) is 91.1 Å². The first-order chi connectivity index (χ1) is 10.2. The highest BCUT2D eigenvalue weighted by Crippen LogP contribution is 2.18. The summed E-state index contributed by atoms with van der Waals surface area (Å²) in [6, 6.07) is 3.64. The molecule has 0 saturated carbocycles. The third-order valence-corrected chi connectivity index (χ3v) is 3.51. The Bertz CT molecular complexity index is 656. The van der Waals surface area contributed by atoms with Gasteiger partial charge in [-0.25, -0.2) is 4.79 Å². The molecule has 1 fully saturated rings. The average molecular weight is 288 g/mol. The second-order valence-corrected chi connectivity index (χ2v) is 4.95. The number of aromatic nitrogens is 3. The lowest BCUT2D eigenvalue weighted by Gasteiger charge is -2.31. The van der Waals surface area contributed by atoms with Crippen LogP contribution in [0.1, 0.15) is 23.3 Å². The lowest BCUT2D eigenvalue weighted by Crippen LogP contribution is -2.42. The van der Waals surface area contributed by atoms with Crippen molar-refractivity contribution in [2.75, 3.05) is 13.1 Å². The summed E-state index contributed by atoms with van der Waals surface area (Å²) in [7, 11) is 0. The number of imidazole rings is 1. The highest BCUT2D eigenvalue weighted by molar-refractivity contribution is 5.92. The van der Waals surface area contributed by atoms with E-state index < -0.39 is 0 Å². The van der Waals surface area contributed by atoms with Gasteiger partial charge in [0.1, 0.15) is 17.5 Å². The summed E-state index contributed by atoms with van der Waals surface area (Å²) in [5.41, 5.74) is -0.0669. The minimum absolute atomic E-state index is 0.0988. The molecule has 3 heterocycles. The molecule has 1 aliphatic rings. The molecule has 0 unspecified atom stereocenters. The highest BCUT2D eigenvalue weighted by atomic mass is 16.5. The van der Waals surface area contributed by atoms with Crippen molar-refractivity contribution in [3.05, 3.63) is 46.9 Å². The molecule has 0 atom stereocenters. The van der Waals surface area contributed by atoms with Crippen LogP contribution in [0.25, 0.3) is 0 Å². The van der Waals surface area contributed by atoms with Gasteiger partial charge in [0.25, 0.3) is 5.91 Å². The number of nitrogens with one attached hydrogen (secondary N) is 2. The van der Waals surface area contributed by atoms with Crippen molar-refractivity contribution in [1.29, 1.82) is 0 Å². The molecule has 0 spiro atoms. The molecular formula is C14H16N4O3. The molecule has 110 valence electrons. The van der Waals surface area contributed by atoms with E-state index in [1.54, 1.807) is 17.3 Å². The normalized spacial score (nSPS) is 15.9. The second kappa shape index (κ2) is 5.82. The summed E-state index contributed by atoms with van der Waals surface area (Å²) in [6.07, 6.45) is 6.42. The number of H-pyrrole nitrogens is 2. The lowest BCUT2D eigenvalue weighted by molar-refractivity contribution is 0.0590. The Balaban J connectivity index is 1.55. The molecule has 1 aliphatic heterocycles. The Morgan fingerprint density at radius 2 is 2.00 bits per heavy atom. The fraction of sp³-hybridized carbons (Fsp3) is 0.357. The zero-order valence-corrected chi connectivity index (χ0v) is 11.4. The fourth-order valence-corrected chi connectivity index (χ4v) is 2.40. The number of carbonyl (C=O) groups is 1. The average Bonchev–Trinajstić information content (AvgIpc) is 2.95. The largest absolute Gasteiger partial charge is 0.490 e. The van der Waals surface area contributed by atoms with Gasteiger partial charge < -0.3 is 19.6 Å². The minimum Gasteiger partial charge on any atom is -0.490 e. The first-order valence-electron chi connectivity index (χ1n) is 6.86. The van der Waals surface area contributed by atoms with Crippen LogP contribution in [0.5, 0.6) is 5.75 Å². The van der Waals surface area contributed by atoms with E-state index in [2.05, 4.69) is 15.0 Å². The van der Waals surface area contributed by atoms with Crippen molar-refractivity contribution in [2.45, 2.75) is 18.9 Å². The minimum atomic E-state index is -0.366. The Hall–Kier alpha value is -2.57. The van der Waals surface area contributed by atoms with Gasteiger partial charge >= 0.3 is 5.69 Å². The molecule has 2 N–H and O–H groups in total. The number of amides is 1. The maximum atomic E-state index is 12.2. The quantitative estimate of drug-likeness (QED) is 0.873. The summed E-state index contributed by atoms with van der Waals surface area (Å²) < 4.78 is 5.85. The van der Waals surface area contributed by atoms with Crippen LogP contribution in [-0.4, -0.2) is 45.0 Å². The van der Waals surface area contributed by atoms with Crippen molar-refractivity contribution >= 4 is 5.91 Å². The van der Waals surface area contributed by atoms with Gasteiger partial charge in [-0.3, -0.25) is 9.78 Å². The Labute approximate surface area is 121 Å². The maximum absolute atomic E-state index is 12.2. The molecule has 7 nitrogen and oxygen atoms in total. The van der Waals surface area contributed by atoms with Gasteiger partial charge in [0.05, 0.1) is 0 Å². The van der Waals surface area contributed by atoms with Crippen LogP contribution in [-0.2, 0) is 0 Å². The predicted octanol–water partition coefficient (Wildman–Crippen LogP) is 0.782. The number of piperidine rings is 1. The van der Waals surface area contributed by atoms with E-state index in [0.717, 1.165) is 18.6 Å². The van der Waals surface area contributed by atoms with Crippen LogP contribution in [0, 0.1) is 0 Å². The van der Waals surface area contributed by atoms with Crippen LogP contribution in [0.2, 0.25) is 0 Å². The number of likely N-dealkylation sites (tertiary alicyclic amines) is 1. The Kier molecular flexibility index (Phi) is 3.72. The molecule has 1 amide bonds. The van der Waals surface area contributed by atoms with Gasteiger partial charge in [0.15, 0.2) is 0 Å². The summed E-state index contributed by atoms with van der Waals surface area (Å²) in [5, 5.41) is 0. The van der Waals surface area contributed by atoms with Gasteiger partial charge in [0.2, 0.25) is 0 Å². The SMILES string of the molecule is O=C(c1c[nH]c(=O)[nH]1)N1CCC(Oc2ccncc2)CC1. The standard InChI is InChI=1S/C14H16N4O3/c19-13(12-9-16-14(20)17-12)18-7-3-11(4-8-18)21-10-1-5-15-6-2-10/h1-2,5-6,9,11H,3-4,7-8H2,(H2,16,17,20). The van der Waals surface area contributed by atoms with Crippen molar-refractivity contribution < 1.29 is 9.53 Å². The number of ether oxygens (including phenoxy) is 1. The van der Waals surface area contributed by atoms with Crippen LogP contribution in [0.4, 0.5) is 0 Å². The molecule has 0 aromatic carbocycles. The molecule has 3 rings (SSSR count). The number of hydrogen-bond donors (Lipinski definition) is 2. The van der Waals surface area contributed by atoms with Gasteiger partial charge in [-0.15, -0.1) is 0 Å². The number of nitrogens with zero attached hydrogens (tertiary/aromatic N) is 2. The zero-order valence-electron chi connectivity index (χ0n) is 11.4. The number of pyridine rings is 1. The molecule has 0 bridgehead atoms. The van der Waals surface area contributed by atoms with Crippen molar-refractivity contribution in [3.8, 4) is 5.75 Å². The molecular weight excluding hydrogens is 272 g/mol. The monoisotopic (exact) mass is 288 g/mol. The number of aromatic amines is 2. The van der Waals surface area contributed by atoms with Gasteiger partial charge in [0, 0.05) is 44.5 Å². The van der Waals surface area contributed by atoms with Crippen molar-refractivity contribution in [2.24, 2.45) is 0 Å². The Morgan fingerprint density at radius 1 is 1.29 bits per heavy atom. The van der Waals surface area contributed by atoms with Crippen LogP contribution in [0.15, 0.2) is 35.5 Å². The molecule has 2 aromatic heterocycles. The highest BCUT2D eigenvalue weighted by Gasteiger charge is 2.25. The van der Waals surface area contributed by atoms with E-state index in [1.165, 1.54) is 6.20 Å². The molecule has 0 aliphatic carbocycles. The second-order valence-electron chi connectivity index (χ2n) is 4.95. The first-order valence-corrected chi connectivity index (χ1v) is 6.86. The van der Waals surface area contributed by atoms with Crippen molar-refractivity contribution in [1.82, 2.24) is 19.9 Å². The third-order valence-electron chi connectivity index (χ3n) is 3.51. The fourth-order valence-electron chi connectivity index (χ4n) is 2.40. The van der Waals surface area contributed by atoms with E-state index in [-0.39, 0.29) is 17.7 Å². The summed E-state index contributed by atoms with van der Waals surface area (Å²) >= 11 is 0. The van der Waals surface area contributed by atoms with Crippen LogP contribution in [0.3, 0.4) is 0 Å². The zero-order chi connectivity index (χ0) is 14.7. The smallest absolute Gasteiger partial charge is 0.323 e. The van der Waals surface area contributed by atoms with Gasteiger partial charge in [-0.1, -0.05) is 0 Å². The van der Waals surface area contributed by atoms with E-state index in [4.69, 9.17) is 4.74 Å². The van der Waals surface area contributed by atoms with E-state index in [0.29, 0.717) is 18.8 Å². The predicted molar refractivity (Wildman–Crippen MR) is 75.2 cm³/mol. The number of carbonyl (C=O) groups excluding carboxylic acids is 1. The summed E-state index contributed by atoms with van der Waals surface area (Å²) in [5.74, 6) is 0.639. The summed E-state index contributed by atoms with van der Waals surface area (Å²) in [4.78, 5) is 33.8. The van der Waals surface area contributed by atoms with Gasteiger partial charge in [-0.05, 0) is 12.1 Å². The molecule has 21 heavy (non-hydrogen) atoms. The maximum Gasteiger partial charge on any atom is 0.323 e. The molecule has 1 saturated heterocycles. The van der Waals surface area contributed by atoms with Crippen LogP contribution < -0.4 is 10.4 Å². The number of rotatable bonds is 3. The van der Waals surface area contributed by atoms with Crippen LogP contribution >= 0.6 is 0 Å². The molecule has 7 heteroatoms. The molecule has 0 radical (unpaired) electrons. The Morgan fingerprint density at radius 3 is 2.62 bits per heavy atom. The third kappa shape index (κ3) is 3.13. The first kappa shape index (κ1) is 13.4. The number of hydrogen-bond acceptors (Lipinski definition) is 4. The summed E-state index contributed by atoms with van der Waals surface area (Å²) in [6.45, 7) is 1.23.